The second-order valence-electron chi connectivity index (χ2n) is 7.46. The van der Waals surface area contributed by atoms with Gasteiger partial charge >= 0.3 is 0 Å². The van der Waals surface area contributed by atoms with E-state index in [0.717, 1.165) is 50.1 Å². The molecule has 0 N–H and O–H groups in total. The normalized spacial score (nSPS) is 28.2. The number of nitrogens with zero attached hydrogens (tertiary/aromatic N) is 5. The molecule has 4 heterocycles. The van der Waals surface area contributed by atoms with Crippen LogP contribution in [0.3, 0.4) is 0 Å². The smallest absolute Gasteiger partial charge is 0.219 e. The number of rotatable bonds is 5. The first-order valence-corrected chi connectivity index (χ1v) is 9.35. The molecular formula is C18H23N5O3. The molecule has 3 fully saturated rings. The van der Waals surface area contributed by atoms with Gasteiger partial charge < -0.3 is 18.8 Å². The second kappa shape index (κ2) is 6.50. The minimum absolute atomic E-state index is 0.176. The first-order chi connectivity index (χ1) is 12.8. The van der Waals surface area contributed by atoms with Crippen LogP contribution in [0.1, 0.15) is 37.0 Å². The predicted molar refractivity (Wildman–Crippen MR) is 92.1 cm³/mol. The van der Waals surface area contributed by atoms with E-state index in [0.29, 0.717) is 23.6 Å². The molecule has 2 saturated heterocycles. The zero-order valence-electron chi connectivity index (χ0n) is 14.9. The third-order valence-corrected chi connectivity index (χ3v) is 5.74. The topological polar surface area (TPSA) is 86.4 Å². The summed E-state index contributed by atoms with van der Waals surface area (Å²) in [6.45, 7) is 2.68. The van der Waals surface area contributed by atoms with Gasteiger partial charge in [0.1, 0.15) is 12.1 Å². The second-order valence-corrected chi connectivity index (χ2v) is 7.46. The third-order valence-electron chi connectivity index (χ3n) is 5.74. The quantitative estimate of drug-likeness (QED) is 0.801. The van der Waals surface area contributed by atoms with E-state index in [1.165, 1.54) is 12.8 Å². The molecule has 1 saturated carbocycles. The molecule has 0 aromatic carbocycles. The van der Waals surface area contributed by atoms with Crippen LogP contribution < -0.4 is 9.64 Å². The fourth-order valence-electron chi connectivity index (χ4n) is 4.14. The highest BCUT2D eigenvalue weighted by Crippen LogP contribution is 2.40. The van der Waals surface area contributed by atoms with Crippen molar-refractivity contribution >= 4 is 5.82 Å². The molecule has 3 aliphatic rings. The molecule has 0 bridgehead atoms. The van der Waals surface area contributed by atoms with E-state index in [-0.39, 0.29) is 6.10 Å². The summed E-state index contributed by atoms with van der Waals surface area (Å²) in [6, 6.07) is 1.89. The zero-order chi connectivity index (χ0) is 17.5. The number of fused-ring (bicyclic) bond motifs is 1. The van der Waals surface area contributed by atoms with Gasteiger partial charge in [0.25, 0.3) is 0 Å². The minimum Gasteiger partial charge on any atom is -0.481 e. The highest BCUT2D eigenvalue weighted by molar-refractivity contribution is 5.41. The van der Waals surface area contributed by atoms with Gasteiger partial charge in [-0.25, -0.2) is 9.97 Å². The van der Waals surface area contributed by atoms with Crippen LogP contribution in [0.5, 0.6) is 5.88 Å². The lowest BCUT2D eigenvalue weighted by Gasteiger charge is -2.36. The number of piperidine rings is 1. The molecule has 3 atom stereocenters. The summed E-state index contributed by atoms with van der Waals surface area (Å²) in [5.41, 5.74) is 0. The molecule has 8 nitrogen and oxygen atoms in total. The fourth-order valence-corrected chi connectivity index (χ4v) is 4.14. The van der Waals surface area contributed by atoms with Gasteiger partial charge in [0.05, 0.1) is 26.2 Å². The highest BCUT2D eigenvalue weighted by atomic mass is 16.5. The van der Waals surface area contributed by atoms with Crippen molar-refractivity contribution in [2.45, 2.75) is 37.7 Å². The molecule has 0 unspecified atom stereocenters. The monoisotopic (exact) mass is 357 g/mol. The highest BCUT2D eigenvalue weighted by Gasteiger charge is 2.42. The molecular weight excluding hydrogens is 334 g/mol. The summed E-state index contributed by atoms with van der Waals surface area (Å²) < 4.78 is 17.1. The molecule has 138 valence electrons. The van der Waals surface area contributed by atoms with Crippen LogP contribution in [0.2, 0.25) is 0 Å². The van der Waals surface area contributed by atoms with Crippen molar-refractivity contribution in [3.8, 4) is 5.88 Å². The van der Waals surface area contributed by atoms with Crippen LogP contribution in [-0.2, 0) is 11.2 Å². The van der Waals surface area contributed by atoms with Gasteiger partial charge in [0.15, 0.2) is 0 Å². The lowest BCUT2D eigenvalue weighted by atomic mass is 9.83. The molecule has 8 heteroatoms. The maximum absolute atomic E-state index is 6.11. The summed E-state index contributed by atoms with van der Waals surface area (Å²) in [6.07, 6.45) is 5.88. The van der Waals surface area contributed by atoms with Crippen LogP contribution in [0.4, 0.5) is 5.82 Å². The van der Waals surface area contributed by atoms with Crippen molar-refractivity contribution in [2.24, 2.45) is 11.8 Å². The molecule has 26 heavy (non-hydrogen) atoms. The molecule has 0 radical (unpaired) electrons. The number of anilines is 1. The zero-order valence-corrected chi connectivity index (χ0v) is 14.9. The van der Waals surface area contributed by atoms with Crippen LogP contribution >= 0.6 is 0 Å². The SMILES string of the molecule is COc1cc(N2CC[C@@H]3[C@@H](CO[C@H]3Cc3nnc(C4CC4)o3)C2)ncn1. The van der Waals surface area contributed by atoms with Crippen LogP contribution in [-0.4, -0.2) is 53.1 Å². The summed E-state index contributed by atoms with van der Waals surface area (Å²) in [5.74, 6) is 4.58. The van der Waals surface area contributed by atoms with Crippen LogP contribution in [0, 0.1) is 11.8 Å². The summed E-state index contributed by atoms with van der Waals surface area (Å²) >= 11 is 0. The predicted octanol–water partition coefficient (Wildman–Crippen LogP) is 1.83. The summed E-state index contributed by atoms with van der Waals surface area (Å²) in [5, 5.41) is 8.41. The standard InChI is InChI=1S/C18H23N5O3/c1-24-16-7-15(19-10-20-16)23-5-4-13-12(8-23)9-25-14(13)6-17-21-22-18(26-17)11-2-3-11/h7,10-14H,2-6,8-9H2,1H3/t12-,13-,14+/m1/s1. The first-order valence-electron chi connectivity index (χ1n) is 9.35. The Kier molecular flexibility index (Phi) is 4.00. The molecule has 0 spiro atoms. The Balaban J connectivity index is 1.23. The van der Waals surface area contributed by atoms with Gasteiger partial charge in [-0.05, 0) is 25.2 Å². The van der Waals surface area contributed by atoms with E-state index in [1.54, 1.807) is 13.4 Å². The Morgan fingerprint density at radius 2 is 2.15 bits per heavy atom. The van der Waals surface area contributed by atoms with E-state index in [1.807, 2.05) is 6.07 Å². The lowest BCUT2D eigenvalue weighted by molar-refractivity contribution is 0.0837. The number of hydrogen-bond donors (Lipinski definition) is 0. The molecule has 2 aromatic heterocycles. The van der Waals surface area contributed by atoms with Crippen molar-refractivity contribution < 1.29 is 13.9 Å². The molecule has 2 aromatic rings. The van der Waals surface area contributed by atoms with Gasteiger partial charge in [0.2, 0.25) is 17.7 Å². The molecule has 1 aliphatic carbocycles. The van der Waals surface area contributed by atoms with Crippen molar-refractivity contribution in [1.29, 1.82) is 0 Å². The van der Waals surface area contributed by atoms with E-state index in [9.17, 15) is 0 Å². The first kappa shape index (κ1) is 16.0. The number of hydrogen-bond acceptors (Lipinski definition) is 8. The van der Waals surface area contributed by atoms with Gasteiger partial charge in [-0.2, -0.15) is 0 Å². The Hall–Kier alpha value is -2.22. The van der Waals surface area contributed by atoms with Crippen molar-refractivity contribution in [1.82, 2.24) is 20.2 Å². The summed E-state index contributed by atoms with van der Waals surface area (Å²) in [7, 11) is 1.62. The maximum atomic E-state index is 6.11. The Bertz CT molecular complexity index is 778. The van der Waals surface area contributed by atoms with Crippen molar-refractivity contribution in [3.63, 3.8) is 0 Å². The number of ether oxygens (including phenoxy) is 2. The van der Waals surface area contributed by atoms with Gasteiger partial charge in [-0.1, -0.05) is 0 Å². The van der Waals surface area contributed by atoms with Crippen LogP contribution in [0.25, 0.3) is 0 Å². The average molecular weight is 357 g/mol. The Morgan fingerprint density at radius 1 is 1.23 bits per heavy atom. The van der Waals surface area contributed by atoms with Gasteiger partial charge in [0, 0.05) is 31.0 Å². The summed E-state index contributed by atoms with van der Waals surface area (Å²) in [4.78, 5) is 10.8. The van der Waals surface area contributed by atoms with E-state index in [2.05, 4.69) is 25.1 Å². The number of aromatic nitrogens is 4. The fraction of sp³-hybridized carbons (Fsp3) is 0.667. The Morgan fingerprint density at radius 3 is 3.00 bits per heavy atom. The van der Waals surface area contributed by atoms with Crippen molar-refractivity contribution in [2.75, 3.05) is 31.7 Å². The lowest BCUT2D eigenvalue weighted by Crippen LogP contribution is -2.42. The third kappa shape index (κ3) is 3.02. The van der Waals surface area contributed by atoms with Gasteiger partial charge in [-0.15, -0.1) is 10.2 Å². The minimum atomic E-state index is 0.176. The van der Waals surface area contributed by atoms with E-state index in [4.69, 9.17) is 13.9 Å². The maximum Gasteiger partial charge on any atom is 0.219 e. The van der Waals surface area contributed by atoms with Crippen molar-refractivity contribution in [3.05, 3.63) is 24.2 Å². The van der Waals surface area contributed by atoms with Crippen LogP contribution in [0.15, 0.2) is 16.8 Å². The van der Waals surface area contributed by atoms with Gasteiger partial charge in [-0.3, -0.25) is 0 Å². The molecule has 0 amide bonds. The average Bonchev–Trinajstić information content (AvgIpc) is 3.31. The molecule has 5 rings (SSSR count). The molecule has 2 aliphatic heterocycles. The van der Waals surface area contributed by atoms with E-state index < -0.39 is 0 Å². The largest absolute Gasteiger partial charge is 0.481 e. The number of methoxy groups -OCH3 is 1. The van der Waals surface area contributed by atoms with E-state index >= 15 is 0 Å². The Labute approximate surface area is 151 Å².